The molecule has 5 heteroatoms. The van der Waals surface area contributed by atoms with Crippen molar-refractivity contribution in [3.63, 3.8) is 0 Å². The van der Waals surface area contributed by atoms with Gasteiger partial charge in [0.15, 0.2) is 0 Å². The zero-order chi connectivity index (χ0) is 24.9. The lowest BCUT2D eigenvalue weighted by molar-refractivity contribution is -0.136. The van der Waals surface area contributed by atoms with Crippen molar-refractivity contribution in [1.29, 1.82) is 0 Å². The molecule has 2 heterocycles. The first-order valence-corrected chi connectivity index (χ1v) is 12.9. The molecule has 3 aromatic carbocycles. The average molecular weight is 483 g/mol. The molecule has 0 saturated carbocycles. The number of likely N-dealkylation sites (tertiary alicyclic amines) is 1. The van der Waals surface area contributed by atoms with Gasteiger partial charge in [-0.15, -0.1) is 0 Å². The second kappa shape index (κ2) is 11.1. The van der Waals surface area contributed by atoms with Gasteiger partial charge in [-0.3, -0.25) is 9.59 Å². The van der Waals surface area contributed by atoms with Gasteiger partial charge >= 0.3 is 0 Å². The van der Waals surface area contributed by atoms with Crippen molar-refractivity contribution in [3.05, 3.63) is 107 Å². The van der Waals surface area contributed by atoms with Crippen LogP contribution in [0.1, 0.15) is 51.8 Å². The fraction of sp³-hybridized carbons (Fsp3) is 0.355. The van der Waals surface area contributed by atoms with Gasteiger partial charge in [0.05, 0.1) is 18.6 Å². The standard InChI is InChI=1S/C31H34N2O3/c1-36-21-20-33-29(25-12-6-3-7-13-25)28(26-14-8-9-15-27(26)30(33)34)31(35)32-18-16-24(17-19-32)22-23-10-4-2-5-11-23/h2-15,24,28-29H,16-22H2,1H3/t28-,29+/m0/s1. The quantitative estimate of drug-likeness (QED) is 0.471. The smallest absolute Gasteiger partial charge is 0.254 e. The van der Waals surface area contributed by atoms with E-state index in [2.05, 4.69) is 30.3 Å². The summed E-state index contributed by atoms with van der Waals surface area (Å²) in [6.07, 6.45) is 3.05. The molecule has 3 aromatic rings. The Labute approximate surface area is 213 Å². The maximum absolute atomic E-state index is 14.2. The van der Waals surface area contributed by atoms with Crippen LogP contribution < -0.4 is 0 Å². The highest BCUT2D eigenvalue weighted by Crippen LogP contribution is 2.44. The summed E-state index contributed by atoms with van der Waals surface area (Å²) in [7, 11) is 1.64. The van der Waals surface area contributed by atoms with Gasteiger partial charge in [-0.1, -0.05) is 78.9 Å². The minimum atomic E-state index is -0.441. The Bertz CT molecular complexity index is 1170. The van der Waals surface area contributed by atoms with Gasteiger partial charge < -0.3 is 14.5 Å². The predicted molar refractivity (Wildman–Crippen MR) is 141 cm³/mol. The Morgan fingerprint density at radius 3 is 2.22 bits per heavy atom. The van der Waals surface area contributed by atoms with Gasteiger partial charge in [-0.05, 0) is 47.9 Å². The van der Waals surface area contributed by atoms with Crippen molar-refractivity contribution in [3.8, 4) is 0 Å². The molecule has 186 valence electrons. The van der Waals surface area contributed by atoms with E-state index >= 15 is 0 Å². The second-order valence-corrected chi connectivity index (χ2v) is 9.87. The summed E-state index contributed by atoms with van der Waals surface area (Å²) >= 11 is 0. The number of fused-ring (bicyclic) bond motifs is 1. The number of hydrogen-bond acceptors (Lipinski definition) is 3. The van der Waals surface area contributed by atoms with E-state index in [-0.39, 0.29) is 17.9 Å². The summed E-state index contributed by atoms with van der Waals surface area (Å²) in [6.45, 7) is 2.36. The highest BCUT2D eigenvalue weighted by molar-refractivity contribution is 6.01. The Morgan fingerprint density at radius 2 is 1.53 bits per heavy atom. The minimum Gasteiger partial charge on any atom is -0.383 e. The summed E-state index contributed by atoms with van der Waals surface area (Å²) in [5.41, 5.74) is 3.80. The van der Waals surface area contributed by atoms with Crippen molar-refractivity contribution in [1.82, 2.24) is 9.80 Å². The number of ether oxygens (including phenoxy) is 1. The molecule has 1 fully saturated rings. The van der Waals surface area contributed by atoms with Crippen LogP contribution in [0.25, 0.3) is 0 Å². The summed E-state index contributed by atoms with van der Waals surface area (Å²) < 4.78 is 5.35. The molecule has 0 unspecified atom stereocenters. The molecule has 0 bridgehead atoms. The molecule has 36 heavy (non-hydrogen) atoms. The lowest BCUT2D eigenvalue weighted by Gasteiger charge is -2.44. The topological polar surface area (TPSA) is 49.9 Å². The number of amides is 2. The van der Waals surface area contributed by atoms with Gasteiger partial charge in [0.2, 0.25) is 5.91 Å². The summed E-state index contributed by atoms with van der Waals surface area (Å²) in [5, 5.41) is 0. The molecule has 2 aliphatic heterocycles. The van der Waals surface area contributed by atoms with Gasteiger partial charge in [-0.2, -0.15) is 0 Å². The van der Waals surface area contributed by atoms with E-state index in [0.717, 1.165) is 43.5 Å². The summed E-state index contributed by atoms with van der Waals surface area (Å²) in [6, 6.07) is 27.9. The van der Waals surface area contributed by atoms with Crippen LogP contribution in [0.4, 0.5) is 0 Å². The largest absolute Gasteiger partial charge is 0.383 e. The number of methoxy groups -OCH3 is 1. The lowest BCUT2D eigenvalue weighted by atomic mass is 9.78. The van der Waals surface area contributed by atoms with E-state index in [4.69, 9.17) is 4.74 Å². The van der Waals surface area contributed by atoms with Crippen LogP contribution in [0, 0.1) is 5.92 Å². The molecular weight excluding hydrogens is 448 g/mol. The van der Waals surface area contributed by atoms with Crippen LogP contribution in [0.5, 0.6) is 0 Å². The van der Waals surface area contributed by atoms with E-state index < -0.39 is 5.92 Å². The summed E-state index contributed by atoms with van der Waals surface area (Å²) in [5.74, 6) is 0.218. The van der Waals surface area contributed by atoms with Crippen LogP contribution in [0.2, 0.25) is 0 Å². The van der Waals surface area contributed by atoms with Crippen molar-refractivity contribution >= 4 is 11.8 Å². The van der Waals surface area contributed by atoms with Crippen molar-refractivity contribution in [2.75, 3.05) is 33.4 Å². The fourth-order valence-electron chi connectivity index (χ4n) is 5.82. The van der Waals surface area contributed by atoms with Crippen molar-refractivity contribution in [2.24, 2.45) is 5.92 Å². The lowest BCUT2D eigenvalue weighted by Crippen LogP contribution is -2.50. The molecule has 1 saturated heterocycles. The van der Waals surface area contributed by atoms with Crippen molar-refractivity contribution in [2.45, 2.75) is 31.2 Å². The fourth-order valence-corrected chi connectivity index (χ4v) is 5.82. The predicted octanol–water partition coefficient (Wildman–Crippen LogP) is 5.10. The van der Waals surface area contributed by atoms with Crippen LogP contribution in [0.3, 0.4) is 0 Å². The summed E-state index contributed by atoms with van der Waals surface area (Å²) in [4.78, 5) is 31.7. The van der Waals surface area contributed by atoms with Crippen LogP contribution in [-0.4, -0.2) is 55.0 Å². The highest BCUT2D eigenvalue weighted by atomic mass is 16.5. The second-order valence-electron chi connectivity index (χ2n) is 9.87. The van der Waals surface area contributed by atoms with E-state index in [1.165, 1.54) is 5.56 Å². The van der Waals surface area contributed by atoms with E-state index in [1.807, 2.05) is 64.4 Å². The Kier molecular flexibility index (Phi) is 7.47. The molecule has 0 spiro atoms. The monoisotopic (exact) mass is 482 g/mol. The number of carbonyl (C=O) groups is 2. The van der Waals surface area contributed by atoms with E-state index in [1.54, 1.807) is 7.11 Å². The molecular formula is C31H34N2O3. The third-order valence-corrected chi connectivity index (χ3v) is 7.68. The van der Waals surface area contributed by atoms with Gasteiger partial charge in [0, 0.05) is 32.3 Å². The normalized spacial score (nSPS) is 20.3. The Hall–Kier alpha value is -3.44. The van der Waals surface area contributed by atoms with E-state index in [9.17, 15) is 9.59 Å². The average Bonchev–Trinajstić information content (AvgIpc) is 2.93. The third kappa shape index (κ3) is 4.93. The maximum Gasteiger partial charge on any atom is 0.254 e. The number of nitrogens with zero attached hydrogens (tertiary/aromatic N) is 2. The van der Waals surface area contributed by atoms with Gasteiger partial charge in [0.25, 0.3) is 5.91 Å². The van der Waals surface area contributed by atoms with Crippen LogP contribution in [-0.2, 0) is 16.0 Å². The molecule has 2 aliphatic rings. The Morgan fingerprint density at radius 1 is 0.889 bits per heavy atom. The zero-order valence-corrected chi connectivity index (χ0v) is 20.9. The first kappa shape index (κ1) is 24.3. The zero-order valence-electron chi connectivity index (χ0n) is 20.9. The van der Waals surface area contributed by atoms with E-state index in [0.29, 0.717) is 24.6 Å². The molecule has 0 N–H and O–H groups in total. The number of carbonyl (C=O) groups excluding carboxylic acids is 2. The molecule has 5 rings (SSSR count). The Balaban J connectivity index is 1.43. The van der Waals surface area contributed by atoms with Gasteiger partial charge in [0.1, 0.15) is 0 Å². The molecule has 0 aliphatic carbocycles. The van der Waals surface area contributed by atoms with Crippen molar-refractivity contribution < 1.29 is 14.3 Å². The molecule has 5 nitrogen and oxygen atoms in total. The molecule has 0 aromatic heterocycles. The number of hydrogen-bond donors (Lipinski definition) is 0. The molecule has 0 radical (unpaired) electrons. The number of piperidine rings is 1. The first-order valence-electron chi connectivity index (χ1n) is 12.9. The SMILES string of the molecule is COCCN1C(=O)c2ccccc2[C@H](C(=O)N2CCC(Cc3ccccc3)CC2)[C@H]1c1ccccc1. The van der Waals surface area contributed by atoms with Crippen LogP contribution >= 0.6 is 0 Å². The third-order valence-electron chi connectivity index (χ3n) is 7.68. The maximum atomic E-state index is 14.2. The van der Waals surface area contributed by atoms with Gasteiger partial charge in [-0.25, -0.2) is 0 Å². The molecule has 2 atom stereocenters. The first-order chi connectivity index (χ1) is 17.7. The minimum absolute atomic E-state index is 0.0397. The number of benzene rings is 3. The van der Waals surface area contributed by atoms with Crippen LogP contribution in [0.15, 0.2) is 84.9 Å². The molecule has 2 amide bonds. The number of rotatable bonds is 7. The highest BCUT2D eigenvalue weighted by Gasteiger charge is 2.45.